The quantitative estimate of drug-likeness (QED) is 0.463. The highest BCUT2D eigenvalue weighted by molar-refractivity contribution is 7.66. The summed E-state index contributed by atoms with van der Waals surface area (Å²) in [5.41, 5.74) is -1.68. The lowest BCUT2D eigenvalue weighted by molar-refractivity contribution is -0.00435. The van der Waals surface area contributed by atoms with E-state index in [0.717, 1.165) is 0 Å². The van der Waals surface area contributed by atoms with Gasteiger partial charge in [0.25, 0.3) is 0 Å². The van der Waals surface area contributed by atoms with E-state index >= 15 is 0 Å². The summed E-state index contributed by atoms with van der Waals surface area (Å²) in [6.07, 6.45) is -1.85. The maximum absolute atomic E-state index is 13.8. The Morgan fingerprint density at radius 1 is 1.18 bits per heavy atom. The van der Waals surface area contributed by atoms with Gasteiger partial charge in [-0.15, -0.1) is 0 Å². The van der Waals surface area contributed by atoms with E-state index in [1.165, 1.54) is 13.8 Å². The zero-order valence-electron chi connectivity index (χ0n) is 11.4. The number of hydrogen-bond donors (Lipinski definition) is 4. The van der Waals surface area contributed by atoms with Crippen molar-refractivity contribution in [2.45, 2.75) is 38.1 Å². The molecule has 5 atom stereocenters. The first kappa shape index (κ1) is 20.3. The van der Waals surface area contributed by atoms with Crippen LogP contribution in [0.3, 0.4) is 0 Å². The highest BCUT2D eigenvalue weighted by atomic mass is 31.3. The lowest BCUT2D eigenvalue weighted by Crippen LogP contribution is -2.26. The van der Waals surface area contributed by atoms with Crippen molar-refractivity contribution in [2.75, 3.05) is 6.61 Å². The molecule has 1 aliphatic heterocycles. The van der Waals surface area contributed by atoms with Gasteiger partial charge >= 0.3 is 23.5 Å². The third-order valence-electron chi connectivity index (χ3n) is 2.71. The van der Waals surface area contributed by atoms with E-state index < -0.39 is 48.0 Å². The largest absolute Gasteiger partial charge is 0.490 e. The molecule has 1 aliphatic rings. The first-order valence-corrected chi connectivity index (χ1v) is 10.3. The molecular formula is C7H16FO11P3. The minimum atomic E-state index is -5.55. The van der Waals surface area contributed by atoms with Crippen molar-refractivity contribution < 1.29 is 55.5 Å². The molecule has 0 aromatic heterocycles. The van der Waals surface area contributed by atoms with Gasteiger partial charge in [0, 0.05) is 6.42 Å². The maximum Gasteiger partial charge on any atom is 0.490 e. The minimum Gasteiger partial charge on any atom is -0.369 e. The molecule has 4 N–H and O–H groups in total. The molecule has 0 amide bonds. The van der Waals surface area contributed by atoms with E-state index in [1.807, 2.05) is 0 Å². The maximum atomic E-state index is 13.8. The van der Waals surface area contributed by atoms with Gasteiger partial charge < -0.3 is 24.3 Å². The fourth-order valence-electron chi connectivity index (χ4n) is 1.67. The van der Waals surface area contributed by atoms with Gasteiger partial charge in [-0.2, -0.15) is 8.62 Å². The number of ether oxygens (including phenoxy) is 1. The van der Waals surface area contributed by atoms with Crippen LogP contribution in [0, 0.1) is 0 Å². The van der Waals surface area contributed by atoms with Gasteiger partial charge in [-0.3, -0.25) is 4.52 Å². The van der Waals surface area contributed by atoms with Crippen LogP contribution in [0.1, 0.15) is 20.3 Å². The summed E-state index contributed by atoms with van der Waals surface area (Å²) in [4.78, 5) is 34.8. The lowest BCUT2D eigenvalue weighted by Gasteiger charge is -2.17. The molecule has 1 fully saturated rings. The van der Waals surface area contributed by atoms with Crippen molar-refractivity contribution in [1.82, 2.24) is 0 Å². The van der Waals surface area contributed by atoms with E-state index in [1.54, 1.807) is 0 Å². The summed E-state index contributed by atoms with van der Waals surface area (Å²) in [6.45, 7) is 2.07. The highest BCUT2D eigenvalue weighted by Crippen LogP contribution is 2.66. The molecule has 1 rings (SSSR count). The van der Waals surface area contributed by atoms with Gasteiger partial charge in [-0.1, -0.05) is 0 Å². The molecular weight excluding hydrogens is 372 g/mol. The summed E-state index contributed by atoms with van der Waals surface area (Å²) in [7, 11) is -16.2. The Bertz CT molecular complexity index is 544. The lowest BCUT2D eigenvalue weighted by atomic mass is 10.00. The first-order valence-electron chi connectivity index (χ1n) is 5.75. The summed E-state index contributed by atoms with van der Waals surface area (Å²) in [5, 5.41) is 0. The van der Waals surface area contributed by atoms with Crippen molar-refractivity contribution in [1.29, 1.82) is 0 Å². The van der Waals surface area contributed by atoms with Crippen LogP contribution in [0.4, 0.5) is 4.39 Å². The molecule has 132 valence electrons. The van der Waals surface area contributed by atoms with E-state index in [2.05, 4.69) is 13.1 Å². The number of phosphoric ester groups is 1. The van der Waals surface area contributed by atoms with Gasteiger partial charge in [0.1, 0.15) is 5.67 Å². The third-order valence-corrected chi connectivity index (χ3v) is 6.51. The van der Waals surface area contributed by atoms with Crippen LogP contribution in [0.15, 0.2) is 0 Å². The van der Waals surface area contributed by atoms with Crippen molar-refractivity contribution in [2.24, 2.45) is 0 Å². The fourth-order valence-corrected chi connectivity index (χ4v) is 4.72. The molecule has 22 heavy (non-hydrogen) atoms. The Labute approximate surface area is 124 Å². The van der Waals surface area contributed by atoms with Crippen LogP contribution < -0.4 is 0 Å². The van der Waals surface area contributed by atoms with Crippen molar-refractivity contribution in [3.05, 3.63) is 0 Å². The summed E-state index contributed by atoms with van der Waals surface area (Å²) < 4.78 is 63.2. The van der Waals surface area contributed by atoms with E-state index in [-0.39, 0.29) is 6.42 Å². The number of halogens is 1. The topological polar surface area (TPSA) is 169 Å². The average Bonchev–Trinajstić information content (AvgIpc) is 2.44. The zero-order valence-corrected chi connectivity index (χ0v) is 14.1. The molecule has 0 aromatic rings. The smallest absolute Gasteiger partial charge is 0.369 e. The number of alkyl halides is 1. The standard InChI is InChI=1S/C7H16FO11P3/c1-5-7(2,8)3-6(17-5)4-16-21(12,13)19-22(14,15)18-20(9,10)11/h5-6H,3-4H2,1-2H3,(H,12,13)(H,14,15)(H2,9,10,11)/t5-,6-,7+/m0/s1. The van der Waals surface area contributed by atoms with E-state index in [4.69, 9.17) is 19.4 Å². The Kier molecular flexibility index (Phi) is 6.16. The average molecular weight is 388 g/mol. The van der Waals surface area contributed by atoms with Crippen LogP contribution in [0.5, 0.6) is 0 Å². The Hall–Kier alpha value is 0.300. The van der Waals surface area contributed by atoms with E-state index in [9.17, 15) is 23.0 Å². The fraction of sp³-hybridized carbons (Fsp3) is 1.00. The number of phosphoric acid groups is 3. The molecule has 0 radical (unpaired) electrons. The van der Waals surface area contributed by atoms with Gasteiger partial charge in [-0.25, -0.2) is 18.1 Å². The van der Waals surface area contributed by atoms with Crippen molar-refractivity contribution >= 4 is 23.5 Å². The molecule has 2 unspecified atom stereocenters. The first-order chi connectivity index (χ1) is 9.62. The molecule has 0 bridgehead atoms. The SMILES string of the molecule is C[C@@H]1O[C@H](COP(=O)(O)OP(=O)(O)OP(=O)(O)O)C[C@@]1(C)F. The predicted octanol–water partition coefficient (Wildman–Crippen LogP) is 1.24. The molecule has 0 aliphatic carbocycles. The molecule has 0 aromatic carbocycles. The Morgan fingerprint density at radius 3 is 2.14 bits per heavy atom. The summed E-state index contributed by atoms with van der Waals surface area (Å²) in [5.74, 6) is 0. The second-order valence-corrected chi connectivity index (χ2v) is 9.19. The van der Waals surface area contributed by atoms with Gasteiger partial charge in [0.2, 0.25) is 0 Å². The Balaban J connectivity index is 2.57. The highest BCUT2D eigenvalue weighted by Gasteiger charge is 2.45. The minimum absolute atomic E-state index is 0.149. The third kappa shape index (κ3) is 6.82. The van der Waals surface area contributed by atoms with Crippen molar-refractivity contribution in [3.8, 4) is 0 Å². The molecule has 1 saturated heterocycles. The number of rotatable bonds is 7. The second-order valence-electron chi connectivity index (χ2n) is 4.77. The monoisotopic (exact) mass is 388 g/mol. The van der Waals surface area contributed by atoms with Gasteiger partial charge in [-0.05, 0) is 13.8 Å². The molecule has 11 nitrogen and oxygen atoms in total. The van der Waals surface area contributed by atoms with Gasteiger partial charge in [0.15, 0.2) is 0 Å². The zero-order chi connectivity index (χ0) is 17.4. The van der Waals surface area contributed by atoms with Crippen LogP contribution >= 0.6 is 23.5 Å². The molecule has 15 heteroatoms. The van der Waals surface area contributed by atoms with Crippen LogP contribution in [-0.2, 0) is 31.6 Å². The van der Waals surface area contributed by atoms with Crippen LogP contribution in [0.25, 0.3) is 0 Å². The van der Waals surface area contributed by atoms with Crippen LogP contribution in [0.2, 0.25) is 0 Å². The van der Waals surface area contributed by atoms with Gasteiger partial charge in [0.05, 0.1) is 18.8 Å². The predicted molar refractivity (Wildman–Crippen MR) is 68.3 cm³/mol. The van der Waals surface area contributed by atoms with Crippen LogP contribution in [-0.4, -0.2) is 44.1 Å². The molecule has 1 heterocycles. The normalized spacial score (nSPS) is 35.0. The Morgan fingerprint density at radius 2 is 1.73 bits per heavy atom. The number of hydrogen-bond acceptors (Lipinski definition) is 7. The second kappa shape index (κ2) is 6.66. The molecule has 0 spiro atoms. The summed E-state index contributed by atoms with van der Waals surface area (Å²) >= 11 is 0. The van der Waals surface area contributed by atoms with E-state index in [0.29, 0.717) is 0 Å². The summed E-state index contributed by atoms with van der Waals surface area (Å²) in [6, 6.07) is 0. The molecule has 0 saturated carbocycles. The van der Waals surface area contributed by atoms with Crippen molar-refractivity contribution in [3.63, 3.8) is 0 Å².